The molecular weight excluding hydrogens is 290 g/mol. The van der Waals surface area contributed by atoms with E-state index >= 15 is 0 Å². The molecule has 1 aromatic rings. The molecule has 2 heterocycles. The minimum absolute atomic E-state index is 0.0158. The van der Waals surface area contributed by atoms with Gasteiger partial charge in [0.2, 0.25) is 0 Å². The molecule has 0 aromatic carbocycles. The lowest BCUT2D eigenvalue weighted by Crippen LogP contribution is -2.50. The fourth-order valence-corrected chi connectivity index (χ4v) is 2.37. The van der Waals surface area contributed by atoms with Gasteiger partial charge in [-0.1, -0.05) is 23.4 Å². The van der Waals surface area contributed by atoms with Crippen LogP contribution in [0.15, 0.2) is 11.4 Å². The molecule has 2 rings (SSSR count). The van der Waals surface area contributed by atoms with Crippen molar-refractivity contribution in [2.45, 2.75) is 11.6 Å². The van der Waals surface area contributed by atoms with Crippen molar-refractivity contribution in [3.05, 3.63) is 16.9 Å². The molecule has 6 nitrogen and oxygen atoms in total. The van der Waals surface area contributed by atoms with Gasteiger partial charge in [0, 0.05) is 19.0 Å². The largest absolute Gasteiger partial charge is 0.481 e. The van der Waals surface area contributed by atoms with E-state index in [0.29, 0.717) is 18.2 Å². The van der Waals surface area contributed by atoms with Crippen molar-refractivity contribution < 1.29 is 14.7 Å². The Labute approximate surface area is 119 Å². The van der Waals surface area contributed by atoms with E-state index in [2.05, 4.69) is 9.97 Å². The summed E-state index contributed by atoms with van der Waals surface area (Å²) in [7, 11) is 0. The molecule has 1 aliphatic rings. The number of thioether (sulfide) groups is 1. The molecule has 0 aliphatic carbocycles. The number of hydrogen-bond acceptors (Lipinski definition) is 5. The Balaban J connectivity index is 2.03. The zero-order chi connectivity index (χ0) is 14.0. The average molecular weight is 302 g/mol. The SMILES string of the molecule is CSc1ncc(Cl)c(C(=O)N2CC(CC(=O)O)C2)n1. The van der Waals surface area contributed by atoms with Crippen molar-refractivity contribution in [3.63, 3.8) is 0 Å². The second-order valence-electron chi connectivity index (χ2n) is 4.23. The van der Waals surface area contributed by atoms with Gasteiger partial charge in [0.1, 0.15) is 0 Å². The molecule has 1 N–H and O–H groups in total. The lowest BCUT2D eigenvalue weighted by atomic mass is 9.96. The van der Waals surface area contributed by atoms with Crippen LogP contribution in [0.4, 0.5) is 0 Å². The second-order valence-corrected chi connectivity index (χ2v) is 5.41. The van der Waals surface area contributed by atoms with Gasteiger partial charge < -0.3 is 10.0 Å². The number of carbonyl (C=O) groups excluding carboxylic acids is 1. The highest BCUT2D eigenvalue weighted by molar-refractivity contribution is 7.98. The maximum absolute atomic E-state index is 12.1. The van der Waals surface area contributed by atoms with Gasteiger partial charge in [-0.25, -0.2) is 9.97 Å². The van der Waals surface area contributed by atoms with Crippen LogP contribution in [0.25, 0.3) is 0 Å². The Bertz CT molecular complexity index is 520. The zero-order valence-electron chi connectivity index (χ0n) is 10.2. The van der Waals surface area contributed by atoms with E-state index in [4.69, 9.17) is 16.7 Å². The van der Waals surface area contributed by atoms with Gasteiger partial charge in [0.25, 0.3) is 5.91 Å². The monoisotopic (exact) mass is 301 g/mol. The first-order chi connectivity index (χ1) is 9.01. The standard InChI is InChI=1S/C11H12ClN3O3S/c1-19-11-13-3-7(12)9(14-11)10(18)15-4-6(5-15)2-8(16)17/h3,6H,2,4-5H2,1H3,(H,16,17). The molecule has 1 fully saturated rings. The Morgan fingerprint density at radius 1 is 1.58 bits per heavy atom. The molecule has 102 valence electrons. The molecule has 0 radical (unpaired) electrons. The first-order valence-corrected chi connectivity index (χ1v) is 7.19. The van der Waals surface area contributed by atoms with E-state index in [1.54, 1.807) is 4.90 Å². The molecule has 19 heavy (non-hydrogen) atoms. The van der Waals surface area contributed by atoms with E-state index in [9.17, 15) is 9.59 Å². The van der Waals surface area contributed by atoms with Crippen LogP contribution in [0.3, 0.4) is 0 Å². The fourth-order valence-electron chi connectivity index (χ4n) is 1.86. The van der Waals surface area contributed by atoms with Gasteiger partial charge in [-0.3, -0.25) is 9.59 Å². The highest BCUT2D eigenvalue weighted by atomic mass is 35.5. The van der Waals surface area contributed by atoms with Crippen molar-refractivity contribution in [2.24, 2.45) is 5.92 Å². The maximum atomic E-state index is 12.1. The van der Waals surface area contributed by atoms with Gasteiger partial charge in [0.05, 0.1) is 17.6 Å². The van der Waals surface area contributed by atoms with Crippen molar-refractivity contribution in [1.29, 1.82) is 0 Å². The summed E-state index contributed by atoms with van der Waals surface area (Å²) in [4.78, 5) is 32.3. The first kappa shape index (κ1) is 14.1. The number of halogens is 1. The lowest BCUT2D eigenvalue weighted by molar-refractivity contribution is -0.139. The number of aromatic nitrogens is 2. The van der Waals surface area contributed by atoms with Gasteiger partial charge in [-0.05, 0) is 6.26 Å². The predicted molar refractivity (Wildman–Crippen MR) is 70.5 cm³/mol. The number of amides is 1. The maximum Gasteiger partial charge on any atom is 0.303 e. The highest BCUT2D eigenvalue weighted by Gasteiger charge is 2.34. The molecule has 0 unspecified atom stereocenters. The zero-order valence-corrected chi connectivity index (χ0v) is 11.7. The average Bonchev–Trinajstić information content (AvgIpc) is 2.33. The van der Waals surface area contributed by atoms with Gasteiger partial charge >= 0.3 is 5.97 Å². The van der Waals surface area contributed by atoms with E-state index < -0.39 is 5.97 Å². The summed E-state index contributed by atoms with van der Waals surface area (Å²) in [5.74, 6) is -1.10. The summed E-state index contributed by atoms with van der Waals surface area (Å²) in [6.07, 6.45) is 3.30. The number of nitrogens with zero attached hydrogens (tertiary/aromatic N) is 3. The molecule has 1 aliphatic heterocycles. The fraction of sp³-hybridized carbons (Fsp3) is 0.455. The molecule has 0 spiro atoms. The van der Waals surface area contributed by atoms with Crippen LogP contribution in [0.1, 0.15) is 16.9 Å². The van der Waals surface area contributed by atoms with Crippen molar-refractivity contribution >= 4 is 35.2 Å². The van der Waals surface area contributed by atoms with Crippen molar-refractivity contribution in [3.8, 4) is 0 Å². The quantitative estimate of drug-likeness (QED) is 0.668. The summed E-state index contributed by atoms with van der Waals surface area (Å²) in [5.41, 5.74) is 0.176. The molecule has 1 amide bonds. The Hall–Kier alpha value is -1.34. The lowest BCUT2D eigenvalue weighted by Gasteiger charge is -2.38. The number of carboxylic acids is 1. The van der Waals surface area contributed by atoms with E-state index in [0.717, 1.165) is 0 Å². The molecule has 0 saturated carbocycles. The minimum atomic E-state index is -0.846. The Morgan fingerprint density at radius 3 is 2.84 bits per heavy atom. The van der Waals surface area contributed by atoms with Crippen LogP contribution in [0.5, 0.6) is 0 Å². The predicted octanol–water partition coefficient (Wildman–Crippen LogP) is 1.40. The second kappa shape index (κ2) is 5.75. The van der Waals surface area contributed by atoms with Crippen LogP contribution in [0.2, 0.25) is 5.02 Å². The van der Waals surface area contributed by atoms with Crippen molar-refractivity contribution in [1.82, 2.24) is 14.9 Å². The normalized spacial score (nSPS) is 15.2. The number of aliphatic carboxylic acids is 1. The van der Waals surface area contributed by atoms with Crippen LogP contribution in [0, 0.1) is 5.92 Å². The minimum Gasteiger partial charge on any atom is -0.481 e. The summed E-state index contributed by atoms with van der Waals surface area (Å²) < 4.78 is 0. The van der Waals surface area contributed by atoms with Crippen molar-refractivity contribution in [2.75, 3.05) is 19.3 Å². The van der Waals surface area contributed by atoms with Crippen LogP contribution < -0.4 is 0 Å². The number of carboxylic acid groups (broad SMARTS) is 1. The van der Waals surface area contributed by atoms with Gasteiger partial charge in [0.15, 0.2) is 10.9 Å². The van der Waals surface area contributed by atoms with E-state index in [1.165, 1.54) is 18.0 Å². The van der Waals surface area contributed by atoms with Crippen LogP contribution in [-0.4, -0.2) is 51.2 Å². The van der Waals surface area contributed by atoms with Crippen LogP contribution in [-0.2, 0) is 4.79 Å². The summed E-state index contributed by atoms with van der Waals surface area (Å²) in [5, 5.41) is 9.35. The Kier molecular flexibility index (Phi) is 4.26. The van der Waals surface area contributed by atoms with E-state index in [1.807, 2.05) is 6.26 Å². The third kappa shape index (κ3) is 3.16. The molecule has 1 saturated heterocycles. The summed E-state index contributed by atoms with van der Waals surface area (Å²) >= 11 is 7.24. The molecule has 0 atom stereocenters. The third-order valence-electron chi connectivity index (χ3n) is 2.81. The number of likely N-dealkylation sites (tertiary alicyclic amines) is 1. The third-order valence-corrected chi connectivity index (χ3v) is 3.65. The Morgan fingerprint density at radius 2 is 2.26 bits per heavy atom. The highest BCUT2D eigenvalue weighted by Crippen LogP contribution is 2.24. The molecule has 1 aromatic heterocycles. The molecule has 0 bridgehead atoms. The van der Waals surface area contributed by atoms with Crippen LogP contribution >= 0.6 is 23.4 Å². The van der Waals surface area contributed by atoms with E-state index in [-0.39, 0.29) is 29.0 Å². The molecule has 8 heteroatoms. The summed E-state index contributed by atoms with van der Waals surface area (Å²) in [6.45, 7) is 0.861. The topological polar surface area (TPSA) is 83.4 Å². The number of rotatable bonds is 4. The number of carbonyl (C=O) groups is 2. The van der Waals surface area contributed by atoms with Gasteiger partial charge in [-0.2, -0.15) is 0 Å². The number of hydrogen-bond donors (Lipinski definition) is 1. The summed E-state index contributed by atoms with van der Waals surface area (Å²) in [6, 6.07) is 0. The van der Waals surface area contributed by atoms with Gasteiger partial charge in [-0.15, -0.1) is 0 Å². The molecular formula is C11H12ClN3O3S. The first-order valence-electron chi connectivity index (χ1n) is 5.59. The smallest absolute Gasteiger partial charge is 0.303 e.